The van der Waals surface area contributed by atoms with Crippen molar-refractivity contribution >= 4 is 0 Å². The second kappa shape index (κ2) is 6.57. The van der Waals surface area contributed by atoms with Crippen LogP contribution in [0.2, 0.25) is 0 Å². The first-order valence-electron chi connectivity index (χ1n) is 7.08. The van der Waals surface area contributed by atoms with E-state index in [2.05, 4.69) is 38.0 Å². The summed E-state index contributed by atoms with van der Waals surface area (Å²) >= 11 is 0. The number of hydrogen-bond acceptors (Lipinski definition) is 3. The summed E-state index contributed by atoms with van der Waals surface area (Å²) in [5, 5.41) is 4.25. The fourth-order valence-electron chi connectivity index (χ4n) is 2.39. The Morgan fingerprint density at radius 3 is 2.45 bits per heavy atom. The van der Waals surface area contributed by atoms with Crippen molar-refractivity contribution in [3.8, 4) is 5.75 Å². The van der Waals surface area contributed by atoms with Crippen LogP contribution < -0.4 is 10.5 Å². The molecule has 0 radical (unpaired) electrons. The van der Waals surface area contributed by atoms with Crippen LogP contribution >= 0.6 is 0 Å². The van der Waals surface area contributed by atoms with Crippen LogP contribution in [0.5, 0.6) is 5.75 Å². The first-order chi connectivity index (χ1) is 9.63. The number of aryl methyl sites for hydroxylation is 3. The molecule has 0 saturated heterocycles. The summed E-state index contributed by atoms with van der Waals surface area (Å²) in [6, 6.07) is 4.31. The average Bonchev–Trinajstić information content (AvgIpc) is 2.86. The van der Waals surface area contributed by atoms with Crippen molar-refractivity contribution in [2.45, 2.75) is 40.3 Å². The number of aromatic nitrogens is 2. The van der Waals surface area contributed by atoms with E-state index in [1.165, 1.54) is 5.56 Å². The van der Waals surface area contributed by atoms with Crippen LogP contribution in [0.3, 0.4) is 0 Å². The molecule has 1 aromatic carbocycles. The molecule has 0 aliphatic heterocycles. The van der Waals surface area contributed by atoms with E-state index >= 15 is 0 Å². The number of rotatable bonds is 6. The van der Waals surface area contributed by atoms with Crippen molar-refractivity contribution in [2.24, 2.45) is 5.73 Å². The number of hydrogen-bond donors (Lipinski definition) is 1. The Morgan fingerprint density at radius 2 is 1.90 bits per heavy atom. The Morgan fingerprint density at radius 1 is 1.20 bits per heavy atom. The quantitative estimate of drug-likeness (QED) is 0.880. The molecular formula is C16H23N3O. The van der Waals surface area contributed by atoms with E-state index in [0.29, 0.717) is 13.2 Å². The Bertz CT molecular complexity index is 552. The van der Waals surface area contributed by atoms with E-state index in [1.54, 1.807) is 0 Å². The molecular weight excluding hydrogens is 250 g/mol. The topological polar surface area (TPSA) is 53.1 Å². The van der Waals surface area contributed by atoms with Crippen molar-refractivity contribution in [1.29, 1.82) is 0 Å². The van der Waals surface area contributed by atoms with Gasteiger partial charge in [0.05, 0.1) is 6.20 Å². The zero-order valence-corrected chi connectivity index (χ0v) is 12.5. The van der Waals surface area contributed by atoms with Gasteiger partial charge in [0.1, 0.15) is 12.4 Å². The van der Waals surface area contributed by atoms with Gasteiger partial charge >= 0.3 is 0 Å². The Kier molecular flexibility index (Phi) is 4.79. The molecule has 2 aromatic rings. The van der Waals surface area contributed by atoms with Gasteiger partial charge in [-0.3, -0.25) is 4.68 Å². The average molecular weight is 273 g/mol. The monoisotopic (exact) mass is 273 g/mol. The molecule has 108 valence electrons. The molecule has 4 heteroatoms. The van der Waals surface area contributed by atoms with Gasteiger partial charge in [0, 0.05) is 18.3 Å². The molecule has 2 rings (SSSR count). The predicted molar refractivity (Wildman–Crippen MR) is 80.9 cm³/mol. The minimum absolute atomic E-state index is 0.553. The standard InChI is InChI=1S/C16H23N3O/c1-4-19-10-15(9-18-19)11-20-16-12(2)7-14(5-6-17)8-13(16)3/h7-10H,4-6,11,17H2,1-3H3. The van der Waals surface area contributed by atoms with Gasteiger partial charge in [-0.2, -0.15) is 5.10 Å². The van der Waals surface area contributed by atoms with Crippen molar-refractivity contribution < 1.29 is 4.74 Å². The van der Waals surface area contributed by atoms with Gasteiger partial charge in [-0.05, 0) is 50.4 Å². The summed E-state index contributed by atoms with van der Waals surface area (Å²) in [5.41, 5.74) is 10.3. The maximum atomic E-state index is 5.96. The molecule has 0 saturated carbocycles. The molecule has 4 nitrogen and oxygen atoms in total. The fraction of sp³-hybridized carbons (Fsp3) is 0.438. The van der Waals surface area contributed by atoms with Crippen LogP contribution in [0.1, 0.15) is 29.2 Å². The van der Waals surface area contributed by atoms with Gasteiger partial charge < -0.3 is 10.5 Å². The molecule has 0 spiro atoms. The third-order valence-electron chi connectivity index (χ3n) is 3.35. The largest absolute Gasteiger partial charge is 0.488 e. The van der Waals surface area contributed by atoms with Gasteiger partial charge in [0.2, 0.25) is 0 Å². The van der Waals surface area contributed by atoms with Crippen molar-refractivity contribution in [1.82, 2.24) is 9.78 Å². The Labute approximate surface area is 120 Å². The van der Waals surface area contributed by atoms with E-state index in [4.69, 9.17) is 10.5 Å². The van der Waals surface area contributed by atoms with Crippen molar-refractivity contribution in [3.63, 3.8) is 0 Å². The summed E-state index contributed by atoms with van der Waals surface area (Å²) in [6.45, 7) is 8.34. The lowest BCUT2D eigenvalue weighted by Gasteiger charge is -2.13. The zero-order chi connectivity index (χ0) is 14.5. The molecule has 0 aliphatic rings. The highest BCUT2D eigenvalue weighted by atomic mass is 16.5. The van der Waals surface area contributed by atoms with E-state index in [1.807, 2.05) is 17.1 Å². The SMILES string of the molecule is CCn1cc(COc2c(C)cc(CCN)cc2C)cn1. The molecule has 0 amide bonds. The van der Waals surface area contributed by atoms with Gasteiger partial charge in [0.15, 0.2) is 0 Å². The Balaban J connectivity index is 2.09. The normalized spacial score (nSPS) is 10.8. The first kappa shape index (κ1) is 14.6. The lowest BCUT2D eigenvalue weighted by molar-refractivity contribution is 0.301. The molecule has 1 aromatic heterocycles. The highest BCUT2D eigenvalue weighted by molar-refractivity contribution is 5.43. The minimum Gasteiger partial charge on any atom is -0.488 e. The minimum atomic E-state index is 0.553. The first-order valence-corrected chi connectivity index (χ1v) is 7.08. The molecule has 0 fully saturated rings. The van der Waals surface area contributed by atoms with Crippen LogP contribution in [-0.4, -0.2) is 16.3 Å². The highest BCUT2D eigenvalue weighted by Crippen LogP contribution is 2.25. The molecule has 20 heavy (non-hydrogen) atoms. The number of benzene rings is 1. The predicted octanol–water partition coefficient (Wildman–Crippen LogP) is 2.60. The molecule has 2 N–H and O–H groups in total. The lowest BCUT2D eigenvalue weighted by atomic mass is 10.0. The second-order valence-electron chi connectivity index (χ2n) is 5.09. The van der Waals surface area contributed by atoms with Crippen LogP contribution in [0.4, 0.5) is 0 Å². The van der Waals surface area contributed by atoms with E-state index in [-0.39, 0.29) is 0 Å². The third kappa shape index (κ3) is 3.39. The summed E-state index contributed by atoms with van der Waals surface area (Å²) in [7, 11) is 0. The maximum absolute atomic E-state index is 5.96. The summed E-state index contributed by atoms with van der Waals surface area (Å²) < 4.78 is 7.87. The molecule has 0 bridgehead atoms. The van der Waals surface area contributed by atoms with E-state index in [9.17, 15) is 0 Å². The van der Waals surface area contributed by atoms with Gasteiger partial charge in [-0.1, -0.05) is 12.1 Å². The third-order valence-corrected chi connectivity index (χ3v) is 3.35. The van der Waals surface area contributed by atoms with E-state index < -0.39 is 0 Å². The Hall–Kier alpha value is -1.81. The zero-order valence-electron chi connectivity index (χ0n) is 12.5. The van der Waals surface area contributed by atoms with E-state index in [0.717, 1.165) is 35.4 Å². The summed E-state index contributed by atoms with van der Waals surface area (Å²) in [4.78, 5) is 0. The van der Waals surface area contributed by atoms with Crippen LogP contribution in [0.15, 0.2) is 24.5 Å². The number of nitrogens with zero attached hydrogens (tertiary/aromatic N) is 2. The summed E-state index contributed by atoms with van der Waals surface area (Å²) in [5.74, 6) is 0.968. The second-order valence-corrected chi connectivity index (χ2v) is 5.09. The molecule has 0 atom stereocenters. The molecule has 1 heterocycles. The van der Waals surface area contributed by atoms with Gasteiger partial charge in [0.25, 0.3) is 0 Å². The highest BCUT2D eigenvalue weighted by Gasteiger charge is 2.07. The van der Waals surface area contributed by atoms with Crippen LogP contribution in [0.25, 0.3) is 0 Å². The van der Waals surface area contributed by atoms with Gasteiger partial charge in [-0.15, -0.1) is 0 Å². The van der Waals surface area contributed by atoms with Gasteiger partial charge in [-0.25, -0.2) is 0 Å². The van der Waals surface area contributed by atoms with Crippen molar-refractivity contribution in [3.05, 3.63) is 46.8 Å². The maximum Gasteiger partial charge on any atom is 0.125 e. The summed E-state index contributed by atoms with van der Waals surface area (Å²) in [6.07, 6.45) is 4.79. The fourth-order valence-corrected chi connectivity index (χ4v) is 2.39. The smallest absolute Gasteiger partial charge is 0.125 e. The molecule has 0 unspecified atom stereocenters. The van der Waals surface area contributed by atoms with Crippen LogP contribution in [-0.2, 0) is 19.6 Å². The number of nitrogens with two attached hydrogens (primary N) is 1. The van der Waals surface area contributed by atoms with Crippen molar-refractivity contribution in [2.75, 3.05) is 6.54 Å². The lowest BCUT2D eigenvalue weighted by Crippen LogP contribution is -2.04. The van der Waals surface area contributed by atoms with Crippen LogP contribution in [0, 0.1) is 13.8 Å². The number of ether oxygens (including phenoxy) is 1. The molecule has 0 aliphatic carbocycles.